The number of nitrogens with one attached hydrogen (secondary N) is 1. The topological polar surface area (TPSA) is 111 Å². The number of aliphatic carboxylic acids is 1. The van der Waals surface area contributed by atoms with Crippen LogP contribution >= 0.6 is 11.3 Å². The maximum Gasteiger partial charge on any atom is 0.492 e. The van der Waals surface area contributed by atoms with Crippen LogP contribution in [0.15, 0.2) is 17.6 Å². The van der Waals surface area contributed by atoms with Gasteiger partial charge in [-0.2, -0.15) is 0 Å². The Morgan fingerprint density at radius 2 is 1.72 bits per heavy atom. The minimum atomic E-state index is -1.01. The highest BCUT2D eigenvalue weighted by Gasteiger charge is 2.52. The van der Waals surface area contributed by atoms with Crippen LogP contribution in [-0.2, 0) is 18.8 Å². The van der Waals surface area contributed by atoms with Crippen molar-refractivity contribution in [2.24, 2.45) is 0 Å². The fourth-order valence-corrected chi connectivity index (χ4v) is 3.74. The number of ether oxygens (including phenoxy) is 1. The molecule has 0 saturated carbocycles. The van der Waals surface area contributed by atoms with Crippen LogP contribution in [0.5, 0.6) is 0 Å². The molecule has 1 saturated heterocycles. The number of rotatable bonds is 8. The van der Waals surface area contributed by atoms with E-state index in [0.29, 0.717) is 10.3 Å². The number of carbonyl (C=O) groups excluding carboxylic acids is 2. The van der Waals surface area contributed by atoms with Crippen molar-refractivity contribution >= 4 is 42.4 Å². The Morgan fingerprint density at radius 3 is 2.25 bits per heavy atom. The number of Topliss-reactive ketones (excluding diaryl/α,β-unsaturated/α-hetero) is 1. The van der Waals surface area contributed by atoms with Gasteiger partial charge in [-0.05, 0) is 72.1 Å². The molecule has 32 heavy (non-hydrogen) atoms. The molecule has 1 fully saturated rings. The van der Waals surface area contributed by atoms with Crippen LogP contribution in [0, 0.1) is 0 Å². The predicted octanol–water partition coefficient (Wildman–Crippen LogP) is 4.34. The van der Waals surface area contributed by atoms with Gasteiger partial charge in [0, 0.05) is 17.8 Å². The van der Waals surface area contributed by atoms with E-state index >= 15 is 0 Å². The van der Waals surface area contributed by atoms with Crippen molar-refractivity contribution in [3.8, 4) is 0 Å². The molecule has 1 aliphatic heterocycles. The quantitative estimate of drug-likeness (QED) is 0.434. The van der Waals surface area contributed by atoms with Crippen molar-refractivity contribution in [3.63, 3.8) is 0 Å². The molecular formula is C22H32BNO7S. The van der Waals surface area contributed by atoms with E-state index in [4.69, 9.17) is 19.2 Å². The van der Waals surface area contributed by atoms with Gasteiger partial charge in [0.2, 0.25) is 0 Å². The maximum absolute atomic E-state index is 12.2. The first-order valence-corrected chi connectivity index (χ1v) is 11.3. The molecule has 0 bridgehead atoms. The minimum Gasteiger partial charge on any atom is -0.481 e. The van der Waals surface area contributed by atoms with Gasteiger partial charge in [0.05, 0.1) is 22.5 Å². The summed E-state index contributed by atoms with van der Waals surface area (Å²) in [6.07, 6.45) is 0.998. The number of alkyl carbamates (subject to hydrolysis) is 1. The second-order valence-corrected chi connectivity index (χ2v) is 10.8. The van der Waals surface area contributed by atoms with Crippen molar-refractivity contribution in [1.29, 1.82) is 0 Å². The second-order valence-electron chi connectivity index (χ2n) is 9.68. The van der Waals surface area contributed by atoms with Crippen molar-refractivity contribution in [2.45, 2.75) is 78.1 Å². The molecule has 2 N–H and O–H groups in total. The van der Waals surface area contributed by atoms with Crippen LogP contribution in [0.3, 0.4) is 0 Å². The van der Waals surface area contributed by atoms with Crippen LogP contribution in [0.1, 0.15) is 75.9 Å². The molecule has 1 amide bonds. The number of ketones is 1. The number of carboxylic acid groups (broad SMARTS) is 1. The van der Waals surface area contributed by atoms with Crippen molar-refractivity contribution in [2.75, 3.05) is 6.54 Å². The first-order valence-electron chi connectivity index (χ1n) is 10.5. The Bertz CT molecular complexity index is 882. The second kappa shape index (κ2) is 9.76. The number of carbonyl (C=O) groups is 3. The number of hydrogen-bond donors (Lipinski definition) is 2. The number of amides is 1. The third kappa shape index (κ3) is 7.18. The molecule has 1 aliphatic rings. The van der Waals surface area contributed by atoms with Crippen molar-refractivity contribution < 1.29 is 33.5 Å². The lowest BCUT2D eigenvalue weighted by atomic mass is 9.77. The van der Waals surface area contributed by atoms with E-state index in [-0.39, 0.29) is 25.2 Å². The van der Waals surface area contributed by atoms with Crippen LogP contribution in [0.25, 0.3) is 6.08 Å². The SMILES string of the molecule is CC(C)(C)OC(=O)NCC(=Cc1ccc(C(=O)CCC(=O)O)s1)B1OC(C)(C)C(C)(C)O1. The molecule has 0 unspecified atom stereocenters. The molecule has 176 valence electrons. The number of thiophene rings is 1. The smallest absolute Gasteiger partial charge is 0.481 e. The monoisotopic (exact) mass is 465 g/mol. The van der Waals surface area contributed by atoms with Crippen molar-refractivity contribution in [1.82, 2.24) is 5.32 Å². The molecular weight excluding hydrogens is 433 g/mol. The van der Waals surface area contributed by atoms with Crippen LogP contribution in [0.4, 0.5) is 4.79 Å². The maximum atomic E-state index is 12.2. The first-order chi connectivity index (χ1) is 14.6. The molecule has 0 spiro atoms. The van der Waals surface area contributed by atoms with Gasteiger partial charge in [0.25, 0.3) is 0 Å². The van der Waals surface area contributed by atoms with Crippen LogP contribution < -0.4 is 5.32 Å². The third-order valence-electron chi connectivity index (χ3n) is 5.19. The largest absolute Gasteiger partial charge is 0.492 e. The Balaban J connectivity index is 2.23. The normalized spacial score (nSPS) is 17.8. The summed E-state index contributed by atoms with van der Waals surface area (Å²) in [5.74, 6) is -1.23. The Morgan fingerprint density at radius 1 is 1.12 bits per heavy atom. The Labute approximate surface area is 193 Å². The van der Waals surface area contributed by atoms with E-state index in [1.165, 1.54) is 11.3 Å². The molecule has 0 atom stereocenters. The lowest BCUT2D eigenvalue weighted by molar-refractivity contribution is -0.136. The summed E-state index contributed by atoms with van der Waals surface area (Å²) in [5.41, 5.74) is -1.08. The zero-order chi connectivity index (χ0) is 24.3. The fraction of sp³-hybridized carbons (Fsp3) is 0.591. The average Bonchev–Trinajstić information content (AvgIpc) is 3.17. The lowest BCUT2D eigenvalue weighted by Gasteiger charge is -2.32. The van der Waals surface area contributed by atoms with E-state index in [9.17, 15) is 14.4 Å². The van der Waals surface area contributed by atoms with E-state index in [1.54, 1.807) is 32.9 Å². The van der Waals surface area contributed by atoms with Gasteiger partial charge in [-0.25, -0.2) is 4.79 Å². The zero-order valence-electron chi connectivity index (χ0n) is 19.7. The molecule has 2 rings (SSSR count). The highest BCUT2D eigenvalue weighted by Crippen LogP contribution is 2.39. The van der Waals surface area contributed by atoms with Crippen LogP contribution in [0.2, 0.25) is 0 Å². The minimum absolute atomic E-state index is 0.0523. The molecule has 2 heterocycles. The van der Waals surface area contributed by atoms with Gasteiger partial charge in [0.1, 0.15) is 5.60 Å². The Hall–Kier alpha value is -2.17. The Kier molecular flexibility index (Phi) is 7.96. The summed E-state index contributed by atoms with van der Waals surface area (Å²) in [7, 11) is -0.691. The van der Waals surface area contributed by atoms with Crippen LogP contribution in [-0.4, -0.2) is 53.4 Å². The highest BCUT2D eigenvalue weighted by atomic mass is 32.1. The first kappa shape index (κ1) is 26.1. The molecule has 0 aliphatic carbocycles. The standard InChI is InChI=1S/C22H32BNO7S/c1-20(2,3)29-19(28)24-13-14(23-30-21(4,5)22(6,7)31-23)12-15-8-10-17(32-15)16(25)9-11-18(26)27/h8,10,12H,9,11,13H2,1-7H3,(H,24,28)(H,26,27). The lowest BCUT2D eigenvalue weighted by Crippen LogP contribution is -2.41. The summed E-state index contributed by atoms with van der Waals surface area (Å²) >= 11 is 1.25. The molecule has 0 aromatic carbocycles. The third-order valence-corrected chi connectivity index (χ3v) is 6.26. The predicted molar refractivity (Wildman–Crippen MR) is 124 cm³/mol. The summed E-state index contributed by atoms with van der Waals surface area (Å²) in [5, 5.41) is 11.5. The van der Waals surface area contributed by atoms with Gasteiger partial charge in [-0.15, -0.1) is 11.3 Å². The summed E-state index contributed by atoms with van der Waals surface area (Å²) in [4.78, 5) is 36.4. The fourth-order valence-electron chi connectivity index (χ4n) is 2.79. The number of hydrogen-bond acceptors (Lipinski definition) is 7. The zero-order valence-corrected chi connectivity index (χ0v) is 20.6. The summed E-state index contributed by atoms with van der Waals surface area (Å²) < 4.78 is 17.6. The molecule has 8 nitrogen and oxygen atoms in total. The van der Waals surface area contributed by atoms with E-state index in [1.807, 2.05) is 33.8 Å². The van der Waals surface area contributed by atoms with Gasteiger partial charge in [-0.1, -0.05) is 0 Å². The highest BCUT2D eigenvalue weighted by molar-refractivity contribution is 7.15. The van der Waals surface area contributed by atoms with Gasteiger partial charge in [0.15, 0.2) is 5.78 Å². The van der Waals surface area contributed by atoms with Gasteiger partial charge in [-0.3, -0.25) is 9.59 Å². The van der Waals surface area contributed by atoms with E-state index in [0.717, 1.165) is 4.88 Å². The molecule has 1 aromatic heterocycles. The van der Waals surface area contributed by atoms with Gasteiger partial charge < -0.3 is 24.5 Å². The van der Waals surface area contributed by atoms with Gasteiger partial charge >= 0.3 is 19.2 Å². The van der Waals surface area contributed by atoms with E-state index in [2.05, 4.69) is 5.32 Å². The number of carboxylic acids is 1. The molecule has 0 radical (unpaired) electrons. The molecule has 1 aromatic rings. The van der Waals surface area contributed by atoms with E-state index < -0.39 is 36.0 Å². The summed E-state index contributed by atoms with van der Waals surface area (Å²) in [6.45, 7) is 13.2. The molecule has 10 heteroatoms. The summed E-state index contributed by atoms with van der Waals surface area (Å²) in [6, 6.07) is 3.45. The average molecular weight is 465 g/mol. The van der Waals surface area contributed by atoms with Crippen molar-refractivity contribution in [3.05, 3.63) is 27.4 Å².